The second-order valence-electron chi connectivity index (χ2n) is 5.54. The Morgan fingerprint density at radius 3 is 2.07 bits per heavy atom. The van der Waals surface area contributed by atoms with Crippen molar-refractivity contribution in [2.75, 3.05) is 6.26 Å². The van der Waals surface area contributed by atoms with Gasteiger partial charge in [-0.15, -0.1) is 0 Å². The van der Waals surface area contributed by atoms with Gasteiger partial charge >= 0.3 is 15.6 Å². The van der Waals surface area contributed by atoms with Crippen molar-refractivity contribution in [2.45, 2.75) is 18.5 Å². The van der Waals surface area contributed by atoms with Gasteiger partial charge in [-0.2, -0.15) is 30.0 Å². The van der Waals surface area contributed by atoms with Crippen LogP contribution in [0.4, 0.5) is 13.2 Å². The van der Waals surface area contributed by atoms with Crippen LogP contribution in [0.25, 0.3) is 0 Å². The van der Waals surface area contributed by atoms with Crippen molar-refractivity contribution in [3.05, 3.63) is 54.1 Å². The molecule has 0 aliphatic rings. The second kappa shape index (κ2) is 7.97. The lowest BCUT2D eigenvalue weighted by Crippen LogP contribution is -2.28. The molecule has 2 aromatic carbocycles. The van der Waals surface area contributed by atoms with Gasteiger partial charge < -0.3 is 8.92 Å². The molecule has 7 nitrogen and oxygen atoms in total. The molecule has 1 unspecified atom stereocenters. The molecule has 0 heterocycles. The Morgan fingerprint density at radius 2 is 1.54 bits per heavy atom. The van der Waals surface area contributed by atoms with E-state index in [2.05, 4.69) is 4.18 Å². The number of rotatable bonds is 7. The van der Waals surface area contributed by atoms with Crippen LogP contribution >= 0.6 is 0 Å². The molecular weight excluding hydrogens is 425 g/mol. The van der Waals surface area contributed by atoms with E-state index >= 15 is 0 Å². The maximum Gasteiger partial charge on any atom is 0.534 e. The molecule has 0 N–H and O–H groups in total. The van der Waals surface area contributed by atoms with Gasteiger partial charge in [0.25, 0.3) is 10.1 Å². The summed E-state index contributed by atoms with van der Waals surface area (Å²) in [5.41, 5.74) is -5.93. The predicted octanol–water partition coefficient (Wildman–Crippen LogP) is 3.74. The molecule has 0 aliphatic carbocycles. The predicted molar refractivity (Wildman–Crippen MR) is 92.9 cm³/mol. The summed E-state index contributed by atoms with van der Waals surface area (Å²) >= 11 is 0. The summed E-state index contributed by atoms with van der Waals surface area (Å²) in [6.45, 7) is 1.20. The summed E-state index contributed by atoms with van der Waals surface area (Å²) in [6.07, 6.45) is -0.617. The first-order valence-electron chi connectivity index (χ1n) is 7.54. The number of halogens is 3. The van der Waals surface area contributed by atoms with E-state index in [9.17, 15) is 30.0 Å². The highest BCUT2D eigenvalue weighted by Gasteiger charge is 2.49. The quantitative estimate of drug-likeness (QED) is 0.478. The van der Waals surface area contributed by atoms with Crippen LogP contribution in [0, 0.1) is 0 Å². The molecule has 0 amide bonds. The summed E-state index contributed by atoms with van der Waals surface area (Å²) in [5, 5.41) is 0. The minimum atomic E-state index is -5.97. The third-order valence-corrected chi connectivity index (χ3v) is 4.80. The zero-order valence-electron chi connectivity index (χ0n) is 14.5. The first kappa shape index (κ1) is 22.0. The minimum Gasteiger partial charge on any atom is -0.457 e. The van der Waals surface area contributed by atoms with Crippen LogP contribution in [0.5, 0.6) is 17.2 Å². The molecule has 0 bridgehead atoms. The maximum absolute atomic E-state index is 12.6. The number of hydrogen-bond donors (Lipinski definition) is 0. The number of ether oxygens (including phenoxy) is 1. The van der Waals surface area contributed by atoms with Crippen LogP contribution in [-0.4, -0.2) is 28.6 Å². The van der Waals surface area contributed by atoms with Gasteiger partial charge in [0.05, 0.1) is 6.26 Å². The molecule has 0 radical (unpaired) electrons. The van der Waals surface area contributed by atoms with Gasteiger partial charge in [-0.25, -0.2) is 0 Å². The fourth-order valence-electron chi connectivity index (χ4n) is 2.09. The second-order valence-corrected chi connectivity index (χ2v) is 8.68. The number of benzene rings is 2. The molecular formula is C16H15F3O7S2. The van der Waals surface area contributed by atoms with Crippen LogP contribution < -0.4 is 8.92 Å². The van der Waals surface area contributed by atoms with Crippen LogP contribution in [0.15, 0.2) is 48.5 Å². The molecule has 0 aliphatic heterocycles. The first-order valence-corrected chi connectivity index (χ1v) is 10.8. The summed E-state index contributed by atoms with van der Waals surface area (Å²) in [7, 11) is -9.97. The monoisotopic (exact) mass is 440 g/mol. The normalized spacial score (nSPS) is 13.8. The highest BCUT2D eigenvalue weighted by Crippen LogP contribution is 2.36. The molecule has 2 rings (SSSR count). The van der Waals surface area contributed by atoms with Gasteiger partial charge in [0.2, 0.25) is 0 Å². The fraction of sp³-hybridized carbons (Fsp3) is 0.250. The van der Waals surface area contributed by atoms with Gasteiger partial charge in [-0.3, -0.25) is 4.18 Å². The van der Waals surface area contributed by atoms with E-state index in [1.54, 1.807) is 30.3 Å². The third kappa shape index (κ3) is 5.84. The van der Waals surface area contributed by atoms with Crippen molar-refractivity contribution >= 4 is 20.2 Å². The Kier molecular flexibility index (Phi) is 6.26. The van der Waals surface area contributed by atoms with Gasteiger partial charge in [0.1, 0.15) is 23.4 Å². The number of alkyl halides is 3. The average Bonchev–Trinajstić information content (AvgIpc) is 2.54. The maximum atomic E-state index is 12.6. The molecule has 0 saturated heterocycles. The van der Waals surface area contributed by atoms with Gasteiger partial charge in [-0.05, 0) is 37.3 Å². The van der Waals surface area contributed by atoms with Crippen LogP contribution in [0.1, 0.15) is 18.6 Å². The summed E-state index contributed by atoms with van der Waals surface area (Å²) < 4.78 is 97.6. The molecule has 154 valence electrons. The topological polar surface area (TPSA) is 96.0 Å². The van der Waals surface area contributed by atoms with Crippen molar-refractivity contribution < 1.29 is 43.1 Å². The molecule has 2 aromatic rings. The highest BCUT2D eigenvalue weighted by atomic mass is 32.2. The van der Waals surface area contributed by atoms with Crippen LogP contribution in [0.2, 0.25) is 0 Å². The van der Waals surface area contributed by atoms with Crippen molar-refractivity contribution in [1.29, 1.82) is 0 Å². The van der Waals surface area contributed by atoms with E-state index in [0.717, 1.165) is 18.4 Å². The SMILES string of the molecule is CC(OS(C)(=O)=O)c1cc(Oc2ccccc2)ccc1OS(=O)(=O)C(F)(F)F. The van der Waals surface area contributed by atoms with E-state index < -0.39 is 37.6 Å². The smallest absolute Gasteiger partial charge is 0.457 e. The van der Waals surface area contributed by atoms with Crippen molar-refractivity contribution in [3.63, 3.8) is 0 Å². The van der Waals surface area contributed by atoms with Gasteiger partial charge in [0, 0.05) is 5.56 Å². The lowest BCUT2D eigenvalue weighted by atomic mass is 10.1. The molecule has 12 heteroatoms. The lowest BCUT2D eigenvalue weighted by Gasteiger charge is -2.18. The fourth-order valence-corrected chi connectivity index (χ4v) is 3.20. The van der Waals surface area contributed by atoms with E-state index in [1.165, 1.54) is 13.0 Å². The Bertz CT molecular complexity index is 1030. The Balaban J connectivity index is 2.46. The molecule has 0 fully saturated rings. The number of hydrogen-bond acceptors (Lipinski definition) is 7. The van der Waals surface area contributed by atoms with Crippen molar-refractivity contribution in [1.82, 2.24) is 0 Å². The Morgan fingerprint density at radius 1 is 0.929 bits per heavy atom. The number of para-hydroxylation sites is 1. The lowest BCUT2D eigenvalue weighted by molar-refractivity contribution is -0.0500. The van der Waals surface area contributed by atoms with Gasteiger partial charge in [0.15, 0.2) is 0 Å². The molecule has 28 heavy (non-hydrogen) atoms. The third-order valence-electron chi connectivity index (χ3n) is 3.20. The summed E-state index contributed by atoms with van der Waals surface area (Å²) in [4.78, 5) is 0. The zero-order valence-corrected chi connectivity index (χ0v) is 16.1. The van der Waals surface area contributed by atoms with Crippen molar-refractivity contribution in [3.8, 4) is 17.2 Å². The van der Waals surface area contributed by atoms with Crippen molar-refractivity contribution in [2.24, 2.45) is 0 Å². The summed E-state index contributed by atoms with van der Waals surface area (Å²) in [6, 6.07) is 11.5. The average molecular weight is 440 g/mol. The minimum absolute atomic E-state index is 0.0990. The molecule has 0 aromatic heterocycles. The highest BCUT2D eigenvalue weighted by molar-refractivity contribution is 7.88. The Hall–Kier alpha value is -2.31. The van der Waals surface area contributed by atoms with Crippen LogP contribution in [0.3, 0.4) is 0 Å². The summed E-state index contributed by atoms with van der Waals surface area (Å²) in [5.74, 6) is -0.252. The van der Waals surface area contributed by atoms with E-state index in [-0.39, 0.29) is 11.3 Å². The first-order chi connectivity index (χ1) is 12.8. The van der Waals surface area contributed by atoms with E-state index in [4.69, 9.17) is 8.92 Å². The van der Waals surface area contributed by atoms with Crippen LogP contribution in [-0.2, 0) is 24.4 Å². The van der Waals surface area contributed by atoms with Gasteiger partial charge in [-0.1, -0.05) is 18.2 Å². The van der Waals surface area contributed by atoms with E-state index in [0.29, 0.717) is 5.75 Å². The molecule has 0 saturated carbocycles. The Labute approximate surface area is 159 Å². The largest absolute Gasteiger partial charge is 0.534 e. The van der Waals surface area contributed by atoms with E-state index in [1.807, 2.05) is 0 Å². The molecule has 1 atom stereocenters. The molecule has 0 spiro atoms. The zero-order chi connectivity index (χ0) is 21.2. The standard InChI is InChI=1S/C16H15F3O7S2/c1-11(25-27(2,20)21)14-10-13(24-12-6-4-3-5-7-12)8-9-15(14)26-28(22,23)16(17,18)19/h3-11H,1-2H3.